The maximum Gasteiger partial charge on any atom is 0.317 e. The van der Waals surface area contributed by atoms with Gasteiger partial charge in [0.1, 0.15) is 5.82 Å². The third-order valence-electron chi connectivity index (χ3n) is 4.83. The Hall–Kier alpha value is -3.09. The van der Waals surface area contributed by atoms with Crippen LogP contribution in [0.15, 0.2) is 48.7 Å². The maximum atomic E-state index is 12.6. The standard InChI is InChI=1S/C21H27N5O2/c1-25(2)19-13-16(10-11-22-19)14-23-21(28)26-12-6-7-17(15-26)20(27)24-18-8-4-3-5-9-18/h3-5,8-11,13,17H,6-7,12,14-15H2,1-2H3,(H,23,28)(H,24,27). The van der Waals surface area contributed by atoms with Gasteiger partial charge in [0.15, 0.2) is 0 Å². The molecule has 7 nitrogen and oxygen atoms in total. The summed E-state index contributed by atoms with van der Waals surface area (Å²) in [6.45, 7) is 1.53. The van der Waals surface area contributed by atoms with E-state index in [-0.39, 0.29) is 17.9 Å². The van der Waals surface area contributed by atoms with E-state index in [0.29, 0.717) is 19.6 Å². The number of carbonyl (C=O) groups excluding carboxylic acids is 2. The van der Waals surface area contributed by atoms with Gasteiger partial charge < -0.3 is 20.4 Å². The van der Waals surface area contributed by atoms with Gasteiger partial charge in [-0.1, -0.05) is 18.2 Å². The number of pyridine rings is 1. The van der Waals surface area contributed by atoms with Crippen LogP contribution in [0.25, 0.3) is 0 Å². The van der Waals surface area contributed by atoms with E-state index in [1.54, 1.807) is 11.1 Å². The minimum absolute atomic E-state index is 0.0338. The van der Waals surface area contributed by atoms with Crippen molar-refractivity contribution in [3.05, 3.63) is 54.2 Å². The van der Waals surface area contributed by atoms with Crippen molar-refractivity contribution in [3.63, 3.8) is 0 Å². The van der Waals surface area contributed by atoms with E-state index in [4.69, 9.17) is 0 Å². The molecule has 2 heterocycles. The molecule has 1 aromatic heterocycles. The zero-order valence-corrected chi connectivity index (χ0v) is 16.4. The molecule has 2 aromatic rings. The number of likely N-dealkylation sites (tertiary alicyclic amines) is 1. The summed E-state index contributed by atoms with van der Waals surface area (Å²) in [4.78, 5) is 33.0. The number of amides is 3. The minimum Gasteiger partial charge on any atom is -0.363 e. The molecule has 2 N–H and O–H groups in total. The average molecular weight is 381 g/mol. The summed E-state index contributed by atoms with van der Waals surface area (Å²) in [5.41, 5.74) is 1.77. The van der Waals surface area contributed by atoms with Crippen LogP contribution in [0.3, 0.4) is 0 Å². The van der Waals surface area contributed by atoms with Crippen molar-refractivity contribution in [2.24, 2.45) is 5.92 Å². The zero-order chi connectivity index (χ0) is 19.9. The highest BCUT2D eigenvalue weighted by Gasteiger charge is 2.28. The summed E-state index contributed by atoms with van der Waals surface area (Å²) in [6, 6.07) is 13.1. The van der Waals surface area contributed by atoms with Crippen LogP contribution in [0, 0.1) is 5.92 Å². The van der Waals surface area contributed by atoms with Gasteiger partial charge in [0.2, 0.25) is 5.91 Å². The fourth-order valence-electron chi connectivity index (χ4n) is 3.25. The molecule has 1 saturated heterocycles. The first-order chi connectivity index (χ1) is 13.5. The Balaban J connectivity index is 1.52. The molecule has 0 aliphatic carbocycles. The third-order valence-corrected chi connectivity index (χ3v) is 4.83. The molecule has 148 valence electrons. The van der Waals surface area contributed by atoms with Gasteiger partial charge >= 0.3 is 6.03 Å². The molecule has 1 atom stereocenters. The van der Waals surface area contributed by atoms with E-state index in [0.717, 1.165) is 29.9 Å². The van der Waals surface area contributed by atoms with Crippen molar-refractivity contribution in [2.75, 3.05) is 37.4 Å². The first kappa shape index (κ1) is 19.7. The Morgan fingerprint density at radius 1 is 1.21 bits per heavy atom. The molecule has 0 bridgehead atoms. The topological polar surface area (TPSA) is 77.6 Å². The van der Waals surface area contributed by atoms with Crippen LogP contribution in [0.2, 0.25) is 0 Å². The van der Waals surface area contributed by atoms with Crippen LogP contribution < -0.4 is 15.5 Å². The molecule has 1 aliphatic heterocycles. The SMILES string of the molecule is CN(C)c1cc(CNC(=O)N2CCCC(C(=O)Nc3ccccc3)C2)ccn1. The third kappa shape index (κ3) is 5.22. The van der Waals surface area contributed by atoms with Gasteiger partial charge in [0, 0.05) is 45.6 Å². The first-order valence-electron chi connectivity index (χ1n) is 9.54. The van der Waals surface area contributed by atoms with Crippen LogP contribution in [0.4, 0.5) is 16.3 Å². The fourth-order valence-corrected chi connectivity index (χ4v) is 3.25. The van der Waals surface area contributed by atoms with Gasteiger partial charge in [-0.25, -0.2) is 9.78 Å². The molecular weight excluding hydrogens is 354 g/mol. The van der Waals surface area contributed by atoms with Gasteiger partial charge in [-0.15, -0.1) is 0 Å². The number of carbonyl (C=O) groups is 2. The van der Waals surface area contributed by atoms with E-state index in [9.17, 15) is 9.59 Å². The molecule has 7 heteroatoms. The van der Waals surface area contributed by atoms with Gasteiger partial charge in [-0.05, 0) is 42.7 Å². The van der Waals surface area contributed by atoms with Crippen LogP contribution in [-0.2, 0) is 11.3 Å². The molecule has 0 saturated carbocycles. The van der Waals surface area contributed by atoms with Crippen LogP contribution in [-0.4, -0.2) is 49.0 Å². The van der Waals surface area contributed by atoms with Crippen molar-refractivity contribution in [2.45, 2.75) is 19.4 Å². The van der Waals surface area contributed by atoms with Gasteiger partial charge in [-0.2, -0.15) is 0 Å². The molecule has 0 radical (unpaired) electrons. The lowest BCUT2D eigenvalue weighted by molar-refractivity contribution is -0.121. The molecule has 1 aromatic carbocycles. The fraction of sp³-hybridized carbons (Fsp3) is 0.381. The predicted molar refractivity (Wildman–Crippen MR) is 110 cm³/mol. The Bertz CT molecular complexity index is 809. The molecular formula is C21H27N5O2. The second kappa shape index (κ2) is 9.21. The number of anilines is 2. The largest absolute Gasteiger partial charge is 0.363 e. The first-order valence-corrected chi connectivity index (χ1v) is 9.54. The monoisotopic (exact) mass is 381 g/mol. The summed E-state index contributed by atoms with van der Waals surface area (Å²) in [5.74, 6) is 0.622. The zero-order valence-electron chi connectivity index (χ0n) is 16.4. The van der Waals surface area contributed by atoms with E-state index in [2.05, 4.69) is 15.6 Å². The smallest absolute Gasteiger partial charge is 0.317 e. The van der Waals surface area contributed by atoms with E-state index in [1.165, 1.54) is 0 Å². The van der Waals surface area contributed by atoms with Crippen molar-refractivity contribution in [1.29, 1.82) is 0 Å². The van der Waals surface area contributed by atoms with Gasteiger partial charge in [0.05, 0.1) is 5.92 Å². The number of nitrogens with zero attached hydrogens (tertiary/aromatic N) is 3. The summed E-state index contributed by atoms with van der Waals surface area (Å²) >= 11 is 0. The lowest BCUT2D eigenvalue weighted by atomic mass is 9.97. The van der Waals surface area contributed by atoms with Crippen LogP contribution in [0.5, 0.6) is 0 Å². The van der Waals surface area contributed by atoms with E-state index in [1.807, 2.05) is 61.5 Å². The lowest BCUT2D eigenvalue weighted by Gasteiger charge is -2.32. The molecule has 3 amide bonds. The molecule has 28 heavy (non-hydrogen) atoms. The Morgan fingerprint density at radius 3 is 2.75 bits per heavy atom. The normalized spacial score (nSPS) is 16.4. The number of urea groups is 1. The molecule has 1 unspecified atom stereocenters. The Morgan fingerprint density at radius 2 is 2.00 bits per heavy atom. The van der Waals surface area contributed by atoms with Crippen LogP contribution >= 0.6 is 0 Å². The minimum atomic E-state index is -0.194. The van der Waals surface area contributed by atoms with Gasteiger partial charge in [-0.3, -0.25) is 4.79 Å². The second-order valence-electron chi connectivity index (χ2n) is 7.22. The van der Waals surface area contributed by atoms with Crippen molar-refractivity contribution >= 4 is 23.4 Å². The highest BCUT2D eigenvalue weighted by Crippen LogP contribution is 2.19. The van der Waals surface area contributed by atoms with Crippen molar-refractivity contribution in [1.82, 2.24) is 15.2 Å². The quantitative estimate of drug-likeness (QED) is 0.835. The summed E-state index contributed by atoms with van der Waals surface area (Å²) in [6.07, 6.45) is 3.35. The molecule has 1 fully saturated rings. The highest BCUT2D eigenvalue weighted by atomic mass is 16.2. The number of hydrogen-bond donors (Lipinski definition) is 2. The maximum absolute atomic E-state index is 12.6. The van der Waals surface area contributed by atoms with Crippen molar-refractivity contribution in [3.8, 4) is 0 Å². The van der Waals surface area contributed by atoms with Crippen molar-refractivity contribution < 1.29 is 9.59 Å². The lowest BCUT2D eigenvalue weighted by Crippen LogP contribution is -2.47. The number of para-hydroxylation sites is 1. The highest BCUT2D eigenvalue weighted by molar-refractivity contribution is 5.93. The summed E-state index contributed by atoms with van der Waals surface area (Å²) in [5, 5.41) is 5.89. The number of aromatic nitrogens is 1. The van der Waals surface area contributed by atoms with Gasteiger partial charge in [0.25, 0.3) is 0 Å². The Labute approximate surface area is 165 Å². The molecule has 3 rings (SSSR count). The number of benzene rings is 1. The number of rotatable bonds is 5. The van der Waals surface area contributed by atoms with Crippen LogP contribution in [0.1, 0.15) is 18.4 Å². The number of nitrogens with one attached hydrogen (secondary N) is 2. The average Bonchev–Trinajstić information content (AvgIpc) is 2.73. The number of piperidine rings is 1. The second-order valence-corrected chi connectivity index (χ2v) is 7.22. The van der Waals surface area contributed by atoms with E-state index < -0.39 is 0 Å². The summed E-state index contributed by atoms with van der Waals surface area (Å²) in [7, 11) is 3.86. The predicted octanol–water partition coefficient (Wildman–Crippen LogP) is 2.71. The molecule has 1 aliphatic rings. The number of hydrogen-bond acceptors (Lipinski definition) is 4. The molecule has 0 spiro atoms. The van der Waals surface area contributed by atoms with E-state index >= 15 is 0 Å². The Kier molecular flexibility index (Phi) is 6.47. The summed E-state index contributed by atoms with van der Waals surface area (Å²) < 4.78 is 0.